The highest BCUT2D eigenvalue weighted by Gasteiger charge is 2.26. The van der Waals surface area contributed by atoms with E-state index in [1.165, 1.54) is 80.6 Å². The number of H-pyrrole nitrogens is 1. The fourth-order valence-corrected chi connectivity index (χ4v) is 6.21. The Morgan fingerprint density at radius 2 is 1.68 bits per heavy atom. The van der Waals surface area contributed by atoms with E-state index in [1.807, 2.05) is 4.72 Å². The first kappa shape index (κ1) is 36.1. The highest BCUT2D eigenvalue weighted by Crippen LogP contribution is 2.25. The Hall–Kier alpha value is -6.73. The molecule has 0 bridgehead atoms. The number of sulfonamides is 1. The quantitative estimate of drug-likeness (QED) is 0.142. The number of nitrogens with one attached hydrogen (secondary N) is 3. The number of hydrogen-bond acceptors (Lipinski definition) is 11. The third-order valence-electron chi connectivity index (χ3n) is 7.80. The number of hydrogen-bond donors (Lipinski definition) is 4. The molecule has 0 radical (unpaired) electrons. The van der Waals surface area contributed by atoms with Crippen LogP contribution in [-0.4, -0.2) is 68.0 Å². The normalized spacial score (nSPS) is 12.0. The Balaban J connectivity index is 1.14. The van der Waals surface area contributed by atoms with Gasteiger partial charge >= 0.3 is 11.7 Å². The van der Waals surface area contributed by atoms with Crippen molar-refractivity contribution < 1.29 is 36.6 Å². The summed E-state index contributed by atoms with van der Waals surface area (Å²) in [5, 5.41) is 12.1. The molecule has 16 nitrogen and oxygen atoms in total. The second-order valence-electron chi connectivity index (χ2n) is 11.3. The average molecular weight is 745 g/mol. The Morgan fingerprint density at radius 1 is 0.943 bits per heavy atom. The molecule has 0 aliphatic rings. The average Bonchev–Trinajstić information content (AvgIpc) is 3.13. The largest absolute Gasteiger partial charge is 0.480 e. The van der Waals surface area contributed by atoms with E-state index in [1.54, 1.807) is 0 Å². The number of aliphatic carboxylic acids is 1. The fraction of sp³-hybridized carbons (Fsp3) is 0.118. The van der Waals surface area contributed by atoms with E-state index >= 15 is 8.78 Å². The molecule has 1 amide bonds. The van der Waals surface area contributed by atoms with Crippen molar-refractivity contribution in [1.82, 2.24) is 34.8 Å². The lowest BCUT2D eigenvalue weighted by Gasteiger charge is -2.16. The van der Waals surface area contributed by atoms with Gasteiger partial charge in [-0.2, -0.15) is 0 Å². The number of ether oxygens (including phenoxy) is 1. The number of nitrogens with zero attached hydrogens (tertiary/aromatic N) is 5. The Morgan fingerprint density at radius 3 is 2.34 bits per heavy atom. The van der Waals surface area contributed by atoms with Crippen molar-refractivity contribution in [3.63, 3.8) is 0 Å². The molecule has 270 valence electrons. The summed E-state index contributed by atoms with van der Waals surface area (Å²) in [6.07, 6.45) is 6.57. The van der Waals surface area contributed by atoms with Gasteiger partial charge in [0.05, 0.1) is 33.2 Å². The lowest BCUT2D eigenvalue weighted by Crippen LogP contribution is -2.42. The van der Waals surface area contributed by atoms with Crippen LogP contribution in [0.2, 0.25) is 0 Å². The first-order valence-corrected chi connectivity index (χ1v) is 16.8. The van der Waals surface area contributed by atoms with Gasteiger partial charge in [0, 0.05) is 49.9 Å². The Bertz CT molecular complexity index is 2580. The first-order chi connectivity index (χ1) is 25.3. The van der Waals surface area contributed by atoms with E-state index in [9.17, 15) is 32.7 Å². The highest BCUT2D eigenvalue weighted by atomic mass is 32.2. The van der Waals surface area contributed by atoms with E-state index in [0.29, 0.717) is 29.1 Å². The Labute approximate surface area is 297 Å². The lowest BCUT2D eigenvalue weighted by atomic mass is 10.1. The molecule has 0 aliphatic carbocycles. The predicted molar refractivity (Wildman–Crippen MR) is 184 cm³/mol. The molecule has 1 atom stereocenters. The van der Waals surface area contributed by atoms with E-state index in [0.717, 1.165) is 4.57 Å². The first-order valence-electron chi connectivity index (χ1n) is 15.3. The van der Waals surface area contributed by atoms with Crippen molar-refractivity contribution in [2.24, 2.45) is 0 Å². The molecular weight excluding hydrogens is 718 g/mol. The zero-order valence-corrected chi connectivity index (χ0v) is 28.1. The molecule has 0 saturated heterocycles. The number of fused-ring (bicyclic) bond motifs is 1. The number of aromatic amines is 1. The molecule has 4 heterocycles. The van der Waals surface area contributed by atoms with Gasteiger partial charge in [0.2, 0.25) is 0 Å². The van der Waals surface area contributed by atoms with Gasteiger partial charge in [-0.05, 0) is 41.5 Å². The van der Waals surface area contributed by atoms with Gasteiger partial charge in [0.1, 0.15) is 30.1 Å². The summed E-state index contributed by atoms with van der Waals surface area (Å²) >= 11 is 0. The monoisotopic (exact) mass is 744 g/mol. The Kier molecular flexibility index (Phi) is 10.1. The van der Waals surface area contributed by atoms with Crippen molar-refractivity contribution in [3.8, 4) is 16.9 Å². The van der Waals surface area contributed by atoms with E-state index in [4.69, 9.17) is 4.74 Å². The zero-order chi connectivity index (χ0) is 37.9. The van der Waals surface area contributed by atoms with Crippen LogP contribution in [-0.2, 0) is 32.6 Å². The van der Waals surface area contributed by atoms with Gasteiger partial charge in [-0.1, -0.05) is 18.2 Å². The minimum atomic E-state index is -4.43. The number of methoxy groups -OCH3 is 1. The maximum atomic E-state index is 15.1. The third kappa shape index (κ3) is 7.80. The number of anilines is 1. The van der Waals surface area contributed by atoms with Crippen LogP contribution in [0.3, 0.4) is 0 Å². The smallest absolute Gasteiger partial charge is 0.334 e. The number of benzene rings is 2. The number of pyridine rings is 2. The van der Waals surface area contributed by atoms with E-state index in [2.05, 4.69) is 30.2 Å². The highest BCUT2D eigenvalue weighted by molar-refractivity contribution is 7.92. The molecular formula is C34H26F2N8O8S. The second-order valence-corrected chi connectivity index (χ2v) is 13.0. The summed E-state index contributed by atoms with van der Waals surface area (Å²) in [5.74, 6) is -5.09. The van der Waals surface area contributed by atoms with Crippen LogP contribution >= 0.6 is 0 Å². The molecule has 0 spiro atoms. The third-order valence-corrected chi connectivity index (χ3v) is 9.18. The number of carboxylic acid groups (broad SMARTS) is 1. The van der Waals surface area contributed by atoms with E-state index in [-0.39, 0.29) is 40.2 Å². The summed E-state index contributed by atoms with van der Waals surface area (Å²) in [4.78, 5) is 68.9. The van der Waals surface area contributed by atoms with Gasteiger partial charge in [0.25, 0.3) is 21.5 Å². The van der Waals surface area contributed by atoms with Crippen LogP contribution in [0.5, 0.6) is 0 Å². The number of rotatable bonds is 12. The van der Waals surface area contributed by atoms with Crippen molar-refractivity contribution in [2.45, 2.75) is 24.0 Å². The minimum Gasteiger partial charge on any atom is -0.480 e. The van der Waals surface area contributed by atoms with Crippen LogP contribution in [0.1, 0.15) is 21.7 Å². The maximum absolute atomic E-state index is 15.1. The second kappa shape index (κ2) is 14.9. The van der Waals surface area contributed by atoms with Crippen LogP contribution in [0.15, 0.2) is 100 Å². The molecule has 4 aromatic heterocycles. The molecule has 19 heteroatoms. The molecule has 6 aromatic rings. The van der Waals surface area contributed by atoms with Crippen molar-refractivity contribution in [1.29, 1.82) is 0 Å². The fourth-order valence-electron chi connectivity index (χ4n) is 5.15. The molecule has 6 rings (SSSR count). The van der Waals surface area contributed by atoms with Crippen molar-refractivity contribution >= 4 is 38.5 Å². The topological polar surface area (TPSA) is 228 Å². The van der Waals surface area contributed by atoms with Crippen molar-refractivity contribution in [2.75, 3.05) is 11.8 Å². The van der Waals surface area contributed by atoms with Crippen molar-refractivity contribution in [3.05, 3.63) is 135 Å². The number of carbonyl (C=O) groups is 2. The van der Waals surface area contributed by atoms with Gasteiger partial charge in [-0.25, -0.2) is 46.3 Å². The molecule has 2 aromatic carbocycles. The summed E-state index contributed by atoms with van der Waals surface area (Å²) < 4.78 is 63.9. The number of aromatic nitrogens is 6. The SMILES string of the molecule is COCc1ncc(-c2ccc(S(=O)(=O)Nc3cc(F)c(C(=O)N[C@@H](Cc4ccc(-n5c(=O)[nH]c6cnccc6c5=O)nc4)C(=O)O)cc3F)cc2)cn1. The molecule has 53 heavy (non-hydrogen) atoms. The number of carbonyl (C=O) groups excluding carboxylic acids is 1. The van der Waals surface area contributed by atoms with Crippen LogP contribution < -0.4 is 21.3 Å². The van der Waals surface area contributed by atoms with Crippen LogP contribution in [0.4, 0.5) is 14.5 Å². The maximum Gasteiger partial charge on any atom is 0.334 e. The summed E-state index contributed by atoms with van der Waals surface area (Å²) in [5.41, 5.74) is -1.50. The summed E-state index contributed by atoms with van der Waals surface area (Å²) in [7, 11) is -2.93. The van der Waals surface area contributed by atoms with Crippen LogP contribution in [0.25, 0.3) is 27.8 Å². The standard InChI is InChI=1S/C34H26F2N8O8S/c1-52-17-29-38-14-20(15-39-29)19-3-5-21(6-4-19)53(50,51)43-26-12-24(35)23(11-25(26)36)31(45)41-27(33(47)48)10-18-2-7-30(40-13-18)44-32(46)22-8-9-37-16-28(22)42-34(44)49/h2-9,11-16,27,43H,10,17H2,1H3,(H,41,45)(H,42,49)(H,47,48)/t27-/m0/s1. The predicted octanol–water partition coefficient (Wildman–Crippen LogP) is 2.58. The van der Waals surface area contributed by atoms with Gasteiger partial charge in [0.15, 0.2) is 5.82 Å². The zero-order valence-electron chi connectivity index (χ0n) is 27.3. The van der Waals surface area contributed by atoms with Crippen LogP contribution in [0, 0.1) is 11.6 Å². The molecule has 0 fully saturated rings. The number of halogens is 2. The molecule has 0 saturated carbocycles. The van der Waals surface area contributed by atoms with Gasteiger partial charge < -0.3 is 20.1 Å². The summed E-state index contributed by atoms with van der Waals surface area (Å²) in [6, 6.07) is 8.75. The summed E-state index contributed by atoms with van der Waals surface area (Å²) in [6.45, 7) is 0.214. The molecule has 4 N–H and O–H groups in total. The molecule has 0 aliphatic heterocycles. The molecule has 0 unspecified atom stereocenters. The number of amides is 1. The van der Waals surface area contributed by atoms with E-state index < -0.39 is 62.1 Å². The van der Waals surface area contributed by atoms with Gasteiger partial charge in [-0.3, -0.25) is 19.3 Å². The number of carboxylic acids is 1. The minimum absolute atomic E-state index is 0.0701. The lowest BCUT2D eigenvalue weighted by molar-refractivity contribution is -0.139. The van der Waals surface area contributed by atoms with Gasteiger partial charge in [-0.15, -0.1) is 0 Å².